The first-order valence-electron chi connectivity index (χ1n) is 35.1. The first-order chi connectivity index (χ1) is 38.1. The summed E-state index contributed by atoms with van der Waals surface area (Å²) in [6.45, 7) is 47.1. The van der Waals surface area contributed by atoms with E-state index in [2.05, 4.69) is 151 Å². The van der Waals surface area contributed by atoms with Gasteiger partial charge in [-0.3, -0.25) is 19.6 Å². The van der Waals surface area contributed by atoms with Gasteiger partial charge in [-0.1, -0.05) is 51.9 Å². The monoisotopic (exact) mass is 1140 g/mol. The fourth-order valence-electron chi connectivity index (χ4n) is 18.3. The number of rotatable bonds is 16. The van der Waals surface area contributed by atoms with Crippen LogP contribution in [0.4, 0.5) is 0 Å². The topological polar surface area (TPSA) is 68.3 Å². The Balaban J connectivity index is 0.000000165. The van der Waals surface area contributed by atoms with Crippen molar-refractivity contribution < 1.29 is 28.4 Å². The van der Waals surface area contributed by atoms with E-state index in [0.29, 0.717) is 67.1 Å². The van der Waals surface area contributed by atoms with Gasteiger partial charge >= 0.3 is 0 Å². The van der Waals surface area contributed by atoms with Crippen molar-refractivity contribution in [1.82, 2.24) is 19.6 Å². The number of ether oxygens (including phenoxy) is 6. The molecule has 0 spiro atoms. The minimum Gasteiger partial charge on any atom is -0.377 e. The SMILES string of the molecule is CC(C)OC1CC(C)(C)N(CC2CCCO2)C(C)(C)C1.CC(C)OC1CCCCC1.CC(C)OC1C[C@H]2CC[C@@H](C1)N2C1CCCC1.CC(C)OC1C[C@H]2CC[C@@H](C1)N2CC1CCCC1.CCN1C(C)(C)CC(OC(C)C)CC1(C)C. The van der Waals surface area contributed by atoms with Crippen molar-refractivity contribution in [3.05, 3.63) is 0 Å². The first kappa shape index (κ1) is 69.7. The third-order valence-corrected chi connectivity index (χ3v) is 20.7. The van der Waals surface area contributed by atoms with E-state index in [1.54, 1.807) is 0 Å². The molecule has 7 saturated heterocycles. The fraction of sp³-hybridized carbons (Fsp3) is 1.00. The Bertz CT molecular complexity index is 1660. The molecule has 7 aliphatic heterocycles. The molecule has 10 fully saturated rings. The van der Waals surface area contributed by atoms with Gasteiger partial charge in [0.05, 0.1) is 67.1 Å². The van der Waals surface area contributed by atoms with Crippen molar-refractivity contribution >= 4 is 0 Å². The van der Waals surface area contributed by atoms with Gasteiger partial charge in [0.1, 0.15) is 0 Å². The Morgan fingerprint density at radius 1 is 0.370 bits per heavy atom. The maximum absolute atomic E-state index is 6.12. The molecule has 10 rings (SSSR count). The Kier molecular flexibility index (Phi) is 27.7. The molecule has 0 N–H and O–H groups in total. The predicted octanol–water partition coefficient (Wildman–Crippen LogP) is 16.8. The van der Waals surface area contributed by atoms with Gasteiger partial charge < -0.3 is 28.4 Å². The van der Waals surface area contributed by atoms with E-state index in [1.807, 2.05) is 0 Å². The van der Waals surface area contributed by atoms with Crippen molar-refractivity contribution in [2.75, 3.05) is 26.2 Å². The maximum Gasteiger partial charge on any atom is 0.0703 e. The van der Waals surface area contributed by atoms with Gasteiger partial charge in [0.2, 0.25) is 0 Å². The average molecular weight is 1140 g/mol. The van der Waals surface area contributed by atoms with Crippen LogP contribution in [0.1, 0.15) is 305 Å². The summed E-state index contributed by atoms with van der Waals surface area (Å²) in [5.41, 5.74) is 0.840. The highest BCUT2D eigenvalue weighted by molar-refractivity contribution is 5.04. The number of hydrogen-bond acceptors (Lipinski definition) is 10. The van der Waals surface area contributed by atoms with Gasteiger partial charge in [0.25, 0.3) is 0 Å². The largest absolute Gasteiger partial charge is 0.377 e. The molecule has 0 aromatic carbocycles. The van der Waals surface area contributed by atoms with Crippen LogP contribution < -0.4 is 0 Å². The predicted molar refractivity (Wildman–Crippen MR) is 341 cm³/mol. The molecule has 10 heteroatoms. The molecule has 81 heavy (non-hydrogen) atoms. The fourth-order valence-corrected chi connectivity index (χ4v) is 18.3. The van der Waals surface area contributed by atoms with Crippen molar-refractivity contribution in [3.8, 4) is 0 Å². The van der Waals surface area contributed by atoms with Crippen LogP contribution in [0.3, 0.4) is 0 Å². The number of nitrogens with zero attached hydrogens (tertiary/aromatic N) is 4. The summed E-state index contributed by atoms with van der Waals surface area (Å²) in [6.07, 6.45) is 41.1. The van der Waals surface area contributed by atoms with E-state index in [0.717, 1.165) is 81.5 Å². The summed E-state index contributed by atoms with van der Waals surface area (Å²) in [5.74, 6) is 1.01. The second-order valence-electron chi connectivity index (χ2n) is 31.7. The highest BCUT2D eigenvalue weighted by Gasteiger charge is 2.49. The Labute approximate surface area is 502 Å². The van der Waals surface area contributed by atoms with Gasteiger partial charge in [0.15, 0.2) is 0 Å². The van der Waals surface area contributed by atoms with Crippen LogP contribution in [0.2, 0.25) is 0 Å². The Morgan fingerprint density at radius 3 is 1.15 bits per heavy atom. The quantitative estimate of drug-likeness (QED) is 0.149. The van der Waals surface area contributed by atoms with E-state index in [-0.39, 0.29) is 22.2 Å². The molecule has 3 saturated carbocycles. The molecule has 10 aliphatic rings. The van der Waals surface area contributed by atoms with Crippen LogP contribution >= 0.6 is 0 Å². The highest BCUT2D eigenvalue weighted by Crippen LogP contribution is 2.45. The lowest BCUT2D eigenvalue weighted by Crippen LogP contribution is -2.63. The van der Waals surface area contributed by atoms with Crippen LogP contribution in [0.15, 0.2) is 0 Å². The summed E-state index contributed by atoms with van der Waals surface area (Å²) < 4.78 is 35.8. The maximum atomic E-state index is 6.12. The van der Waals surface area contributed by atoms with Crippen LogP contribution in [-0.4, -0.2) is 165 Å². The molecule has 0 aromatic heterocycles. The minimum absolute atomic E-state index is 0.174. The second-order valence-corrected chi connectivity index (χ2v) is 31.7. The minimum atomic E-state index is 0.174. The number of fused-ring (bicyclic) bond motifs is 4. The normalized spacial score (nSPS) is 32.2. The van der Waals surface area contributed by atoms with Crippen molar-refractivity contribution in [2.45, 2.75) is 424 Å². The van der Waals surface area contributed by atoms with Crippen LogP contribution in [0.5, 0.6) is 0 Å². The summed E-state index contributed by atoms with van der Waals surface area (Å²) >= 11 is 0. The molecule has 7 atom stereocenters. The molecule has 4 bridgehead atoms. The summed E-state index contributed by atoms with van der Waals surface area (Å²) in [4.78, 5) is 11.0. The smallest absolute Gasteiger partial charge is 0.0703 e. The van der Waals surface area contributed by atoms with E-state index in [9.17, 15) is 0 Å². The Morgan fingerprint density at radius 2 is 0.741 bits per heavy atom. The van der Waals surface area contributed by atoms with Crippen LogP contribution in [0, 0.1) is 5.92 Å². The van der Waals surface area contributed by atoms with Crippen molar-refractivity contribution in [2.24, 2.45) is 5.92 Å². The van der Waals surface area contributed by atoms with Gasteiger partial charge in [-0.15, -0.1) is 0 Å². The molecule has 7 heterocycles. The lowest BCUT2D eigenvalue weighted by atomic mass is 9.77. The molecule has 476 valence electrons. The van der Waals surface area contributed by atoms with Gasteiger partial charge in [0, 0.05) is 72.1 Å². The number of piperidine rings is 4. The van der Waals surface area contributed by atoms with Gasteiger partial charge in [-0.25, -0.2) is 0 Å². The van der Waals surface area contributed by atoms with Crippen LogP contribution in [0.25, 0.3) is 0 Å². The highest BCUT2D eigenvalue weighted by atomic mass is 16.5. The zero-order valence-corrected chi connectivity index (χ0v) is 57.0. The first-order valence-corrected chi connectivity index (χ1v) is 35.1. The molecule has 3 aliphatic carbocycles. The standard InChI is InChI=1S/C17H33NO2.C16H29NO.C15H27NO.C14H29NO.C9H18O/c1-13(2)20-15-10-16(3,4)18(17(5,6)11-15)12-14-8-7-9-19-14;1-12(2)18-16-9-14-7-8-15(10-16)17(14)11-13-5-3-4-6-13;1-11(2)17-15-9-13-7-8-14(10-15)16(13)12-5-3-4-6-12;1-8-15-13(4,5)9-12(16-11(2)3)10-14(15,6)7;1-8(2)10-9-6-4-3-5-7-9/h13-15H,7-12H2,1-6H3;12-16H,3-11H2,1-2H3;11-15H,3-10H2,1-2H3;11-12H,8-10H2,1-7H3;8-9H,3-7H2,1-2H3/t;14-,15+,16?;13-,14+,15?;;. The summed E-state index contributed by atoms with van der Waals surface area (Å²) in [6, 6.07) is 4.30. The zero-order chi connectivity index (χ0) is 59.3. The third-order valence-electron chi connectivity index (χ3n) is 20.7. The third kappa shape index (κ3) is 21.7. The lowest BCUT2D eigenvalue weighted by molar-refractivity contribution is -0.128. The van der Waals surface area contributed by atoms with E-state index >= 15 is 0 Å². The number of likely N-dealkylation sites (tertiary alicyclic amines) is 2. The summed E-state index contributed by atoms with van der Waals surface area (Å²) in [7, 11) is 0. The van der Waals surface area contributed by atoms with Crippen LogP contribution in [-0.2, 0) is 28.4 Å². The van der Waals surface area contributed by atoms with Gasteiger partial charge in [-0.2, -0.15) is 0 Å². The van der Waals surface area contributed by atoms with Crippen molar-refractivity contribution in [1.29, 1.82) is 0 Å². The van der Waals surface area contributed by atoms with E-state index in [1.165, 1.54) is 154 Å². The molecular weight excluding hydrogens is 1000 g/mol. The van der Waals surface area contributed by atoms with E-state index in [4.69, 9.17) is 28.4 Å². The van der Waals surface area contributed by atoms with Gasteiger partial charge in [-0.05, 0) is 266 Å². The molecular formula is C71H136N4O6. The number of hydrogen-bond donors (Lipinski definition) is 0. The van der Waals surface area contributed by atoms with E-state index < -0.39 is 0 Å². The zero-order valence-electron chi connectivity index (χ0n) is 57.0. The average Bonchev–Trinajstić information content (AvgIpc) is 4.34. The van der Waals surface area contributed by atoms with Crippen molar-refractivity contribution in [3.63, 3.8) is 0 Å². The molecule has 0 aromatic rings. The molecule has 0 amide bonds. The lowest BCUT2D eigenvalue weighted by Gasteiger charge is -2.56. The summed E-state index contributed by atoms with van der Waals surface area (Å²) in [5, 5.41) is 0. The Hall–Kier alpha value is -0.400. The molecule has 10 nitrogen and oxygen atoms in total. The molecule has 0 radical (unpaired) electrons. The second kappa shape index (κ2) is 32.2. The molecule has 3 unspecified atom stereocenters.